The molecule has 1 N–H and O–H groups in total. The highest BCUT2D eigenvalue weighted by atomic mass is 16.7. The molecule has 0 spiro atoms. The standard InChI is InChI=1S/C18H27N3O3/c1-13-11-20(15-9-16-17(19-10-15)24-12-23-16)7-8-21(13)18(22)14-5-3-2-4-6-14/h9,13-14,19H,2-8,10-12H2,1H3/t13-/m1/s1. The van der Waals surface area contributed by atoms with E-state index in [9.17, 15) is 4.79 Å². The Balaban J connectivity index is 1.38. The molecule has 6 nitrogen and oxygen atoms in total. The quantitative estimate of drug-likeness (QED) is 0.834. The summed E-state index contributed by atoms with van der Waals surface area (Å²) >= 11 is 0. The molecule has 1 saturated carbocycles. The number of ether oxygens (including phenoxy) is 2. The van der Waals surface area contributed by atoms with E-state index in [0.717, 1.165) is 50.7 Å². The molecule has 2 fully saturated rings. The Kier molecular flexibility index (Phi) is 4.29. The van der Waals surface area contributed by atoms with Gasteiger partial charge in [-0.1, -0.05) is 19.3 Å². The minimum atomic E-state index is 0.255. The van der Waals surface area contributed by atoms with Gasteiger partial charge in [-0.15, -0.1) is 0 Å². The van der Waals surface area contributed by atoms with Crippen molar-refractivity contribution in [1.82, 2.24) is 15.1 Å². The molecule has 3 heterocycles. The van der Waals surface area contributed by atoms with Crippen LogP contribution in [-0.4, -0.2) is 54.7 Å². The molecule has 0 aromatic heterocycles. The molecule has 3 aliphatic heterocycles. The zero-order chi connectivity index (χ0) is 16.5. The number of nitrogens with zero attached hydrogens (tertiary/aromatic N) is 2. The molecule has 132 valence electrons. The van der Waals surface area contributed by atoms with Gasteiger partial charge in [0.1, 0.15) is 0 Å². The van der Waals surface area contributed by atoms with Crippen molar-refractivity contribution >= 4 is 5.91 Å². The summed E-state index contributed by atoms with van der Waals surface area (Å²) in [5.41, 5.74) is 1.22. The van der Waals surface area contributed by atoms with Gasteiger partial charge in [0.2, 0.25) is 18.6 Å². The van der Waals surface area contributed by atoms with Gasteiger partial charge < -0.3 is 24.6 Å². The number of dihydropyridines is 1. The van der Waals surface area contributed by atoms with Crippen LogP contribution in [0.5, 0.6) is 0 Å². The summed E-state index contributed by atoms with van der Waals surface area (Å²) in [6.07, 6.45) is 7.94. The number of allylic oxidation sites excluding steroid dienone is 1. The topological polar surface area (TPSA) is 54.0 Å². The Hall–Kier alpha value is -1.85. The van der Waals surface area contributed by atoms with E-state index in [0.29, 0.717) is 12.7 Å². The number of hydrogen-bond acceptors (Lipinski definition) is 5. The maximum Gasteiger partial charge on any atom is 0.233 e. The van der Waals surface area contributed by atoms with Crippen LogP contribution in [-0.2, 0) is 14.3 Å². The van der Waals surface area contributed by atoms with Crippen LogP contribution in [0.3, 0.4) is 0 Å². The van der Waals surface area contributed by atoms with Crippen molar-refractivity contribution < 1.29 is 14.3 Å². The van der Waals surface area contributed by atoms with Gasteiger partial charge in [-0.3, -0.25) is 4.79 Å². The summed E-state index contributed by atoms with van der Waals surface area (Å²) in [7, 11) is 0. The second kappa shape index (κ2) is 6.57. The lowest BCUT2D eigenvalue weighted by Crippen LogP contribution is -2.55. The lowest BCUT2D eigenvalue weighted by atomic mass is 9.87. The number of nitrogens with one attached hydrogen (secondary N) is 1. The van der Waals surface area contributed by atoms with Gasteiger partial charge in [0.05, 0.1) is 6.54 Å². The summed E-state index contributed by atoms with van der Waals surface area (Å²) < 4.78 is 10.8. The molecule has 0 aromatic carbocycles. The Morgan fingerprint density at radius 1 is 1.21 bits per heavy atom. The third-order valence-electron chi connectivity index (χ3n) is 5.64. The average molecular weight is 333 g/mol. The molecule has 0 aromatic rings. The predicted octanol–water partition coefficient (Wildman–Crippen LogP) is 1.76. The van der Waals surface area contributed by atoms with Crippen molar-refractivity contribution in [2.45, 2.75) is 45.1 Å². The second-order valence-corrected chi connectivity index (χ2v) is 7.25. The first-order chi connectivity index (χ1) is 11.7. The SMILES string of the molecule is C[C@@H]1CN(C2=CC3=C(NC2)OCO3)CCN1C(=O)C1CCCCC1. The van der Waals surface area contributed by atoms with Gasteiger partial charge in [0, 0.05) is 43.4 Å². The van der Waals surface area contributed by atoms with E-state index < -0.39 is 0 Å². The predicted molar refractivity (Wildman–Crippen MR) is 89.5 cm³/mol. The van der Waals surface area contributed by atoms with Crippen LogP contribution < -0.4 is 5.32 Å². The molecule has 24 heavy (non-hydrogen) atoms. The highest BCUT2D eigenvalue weighted by molar-refractivity contribution is 5.79. The fourth-order valence-corrected chi connectivity index (χ4v) is 4.24. The molecule has 6 heteroatoms. The van der Waals surface area contributed by atoms with Crippen molar-refractivity contribution in [3.8, 4) is 0 Å². The van der Waals surface area contributed by atoms with Crippen LogP contribution >= 0.6 is 0 Å². The lowest BCUT2D eigenvalue weighted by molar-refractivity contribution is -0.140. The van der Waals surface area contributed by atoms with Gasteiger partial charge in [0.15, 0.2) is 5.76 Å². The minimum Gasteiger partial charge on any atom is -0.452 e. The number of carbonyl (C=O) groups excluding carboxylic acids is 1. The zero-order valence-corrected chi connectivity index (χ0v) is 14.4. The molecular formula is C18H27N3O3. The van der Waals surface area contributed by atoms with Crippen molar-refractivity contribution in [2.75, 3.05) is 33.0 Å². The fourth-order valence-electron chi connectivity index (χ4n) is 4.24. The van der Waals surface area contributed by atoms with Crippen molar-refractivity contribution in [3.63, 3.8) is 0 Å². The van der Waals surface area contributed by atoms with E-state index in [-0.39, 0.29) is 12.0 Å². The molecule has 1 saturated heterocycles. The Labute approximate surface area is 143 Å². The first kappa shape index (κ1) is 15.7. The van der Waals surface area contributed by atoms with Gasteiger partial charge in [-0.25, -0.2) is 0 Å². The summed E-state index contributed by atoms with van der Waals surface area (Å²) in [6, 6.07) is 0.255. The molecule has 0 radical (unpaired) electrons. The maximum absolute atomic E-state index is 12.8. The number of hydrogen-bond donors (Lipinski definition) is 1. The number of carbonyl (C=O) groups is 1. The first-order valence-corrected chi connectivity index (χ1v) is 9.22. The molecule has 1 atom stereocenters. The van der Waals surface area contributed by atoms with Gasteiger partial charge in [-0.2, -0.15) is 0 Å². The molecule has 0 bridgehead atoms. The zero-order valence-electron chi connectivity index (χ0n) is 14.4. The number of rotatable bonds is 2. The van der Waals surface area contributed by atoms with Crippen LogP contribution in [0.4, 0.5) is 0 Å². The van der Waals surface area contributed by atoms with Crippen LogP contribution in [0.25, 0.3) is 0 Å². The van der Waals surface area contributed by atoms with E-state index in [1.165, 1.54) is 25.0 Å². The smallest absolute Gasteiger partial charge is 0.233 e. The summed E-state index contributed by atoms with van der Waals surface area (Å²) in [5, 5.41) is 3.27. The van der Waals surface area contributed by atoms with E-state index >= 15 is 0 Å². The monoisotopic (exact) mass is 333 g/mol. The van der Waals surface area contributed by atoms with E-state index in [1.807, 2.05) is 0 Å². The maximum atomic E-state index is 12.8. The summed E-state index contributed by atoms with van der Waals surface area (Å²) in [6.45, 7) is 5.81. The molecule has 1 aliphatic carbocycles. The largest absolute Gasteiger partial charge is 0.452 e. The van der Waals surface area contributed by atoms with Crippen LogP contribution in [0.15, 0.2) is 23.4 Å². The normalized spacial score (nSPS) is 27.9. The van der Waals surface area contributed by atoms with Crippen LogP contribution in [0, 0.1) is 5.92 Å². The van der Waals surface area contributed by atoms with Gasteiger partial charge in [-0.05, 0) is 19.8 Å². The molecule has 0 unspecified atom stereocenters. The molecule has 4 rings (SSSR count). The second-order valence-electron chi connectivity index (χ2n) is 7.25. The molecule has 1 amide bonds. The Morgan fingerprint density at radius 3 is 2.83 bits per heavy atom. The van der Waals surface area contributed by atoms with Crippen molar-refractivity contribution in [3.05, 3.63) is 23.4 Å². The van der Waals surface area contributed by atoms with E-state index in [1.54, 1.807) is 0 Å². The van der Waals surface area contributed by atoms with E-state index in [4.69, 9.17) is 9.47 Å². The number of piperazine rings is 1. The summed E-state index contributed by atoms with van der Waals surface area (Å²) in [5.74, 6) is 2.19. The minimum absolute atomic E-state index is 0.255. The Bertz CT molecular complexity index is 566. The van der Waals surface area contributed by atoms with Crippen molar-refractivity contribution in [1.29, 1.82) is 0 Å². The lowest BCUT2D eigenvalue weighted by Gasteiger charge is -2.43. The fraction of sp³-hybridized carbons (Fsp3) is 0.722. The summed E-state index contributed by atoms with van der Waals surface area (Å²) in [4.78, 5) is 17.3. The van der Waals surface area contributed by atoms with Crippen LogP contribution in [0.1, 0.15) is 39.0 Å². The third kappa shape index (κ3) is 2.94. The van der Waals surface area contributed by atoms with Gasteiger partial charge >= 0.3 is 0 Å². The Morgan fingerprint density at radius 2 is 2.04 bits per heavy atom. The number of amides is 1. The van der Waals surface area contributed by atoms with Crippen LogP contribution in [0.2, 0.25) is 0 Å². The molecular weight excluding hydrogens is 306 g/mol. The average Bonchev–Trinajstić information content (AvgIpc) is 3.09. The molecule has 4 aliphatic rings. The third-order valence-corrected chi connectivity index (χ3v) is 5.64. The first-order valence-electron chi connectivity index (χ1n) is 9.22. The van der Waals surface area contributed by atoms with E-state index in [2.05, 4.69) is 28.1 Å². The highest BCUT2D eigenvalue weighted by Crippen LogP contribution is 2.28. The highest BCUT2D eigenvalue weighted by Gasteiger charge is 2.33. The van der Waals surface area contributed by atoms with Gasteiger partial charge in [0.25, 0.3) is 0 Å². The van der Waals surface area contributed by atoms with Crippen molar-refractivity contribution in [2.24, 2.45) is 5.92 Å².